The fraction of sp³-hybridized carbons (Fsp3) is 0.455. The molecule has 4 rings (SSSR count). The van der Waals surface area contributed by atoms with Crippen LogP contribution in [0.2, 0.25) is 0 Å². The number of likely N-dealkylation sites (tertiary alicyclic amines) is 1. The second-order valence-electron chi connectivity index (χ2n) is 7.66. The zero-order chi connectivity index (χ0) is 17.9. The Morgan fingerprint density at radius 2 is 1.69 bits per heavy atom. The number of anilines is 1. The Kier molecular flexibility index (Phi) is 5.23. The first kappa shape index (κ1) is 17.5. The Balaban J connectivity index is 1.36. The predicted octanol–water partition coefficient (Wildman–Crippen LogP) is 3.74. The monoisotopic (exact) mass is 353 g/mol. The van der Waals surface area contributed by atoms with Gasteiger partial charge in [0, 0.05) is 31.4 Å². The molecule has 138 valence electrons. The Hall–Kier alpha value is -1.91. The van der Waals surface area contributed by atoms with E-state index in [1.165, 1.54) is 44.1 Å². The van der Waals surface area contributed by atoms with Crippen LogP contribution < -0.4 is 10.6 Å². The lowest BCUT2D eigenvalue weighted by Gasteiger charge is -2.38. The molecular formula is C22H28FN3. The topological polar surface area (TPSA) is 32.5 Å². The SMILES string of the molecule is NCC1CCN(C2CCN(c3ccc(-c4cccc(F)c4)cc3)CC2)C1. The molecule has 1 atom stereocenters. The van der Waals surface area contributed by atoms with Gasteiger partial charge in [-0.15, -0.1) is 0 Å². The molecule has 0 aromatic heterocycles. The molecule has 2 aliphatic heterocycles. The molecule has 4 heteroatoms. The Morgan fingerprint density at radius 3 is 2.35 bits per heavy atom. The van der Waals surface area contributed by atoms with Crippen molar-refractivity contribution in [1.29, 1.82) is 0 Å². The summed E-state index contributed by atoms with van der Waals surface area (Å²) in [5.74, 6) is 0.510. The van der Waals surface area contributed by atoms with E-state index in [-0.39, 0.29) is 5.82 Å². The minimum absolute atomic E-state index is 0.188. The third-order valence-corrected chi connectivity index (χ3v) is 6.02. The van der Waals surface area contributed by atoms with Crippen molar-refractivity contribution in [2.75, 3.05) is 37.6 Å². The lowest BCUT2D eigenvalue weighted by Crippen LogP contribution is -2.44. The van der Waals surface area contributed by atoms with Crippen molar-refractivity contribution in [2.24, 2.45) is 11.7 Å². The molecule has 2 N–H and O–H groups in total. The van der Waals surface area contributed by atoms with Gasteiger partial charge in [0.1, 0.15) is 5.82 Å². The first-order chi connectivity index (χ1) is 12.7. The van der Waals surface area contributed by atoms with Crippen LogP contribution in [0, 0.1) is 11.7 Å². The Morgan fingerprint density at radius 1 is 0.923 bits per heavy atom. The number of nitrogens with two attached hydrogens (primary N) is 1. The number of nitrogens with zero attached hydrogens (tertiary/aromatic N) is 2. The van der Waals surface area contributed by atoms with Crippen LogP contribution in [0.1, 0.15) is 19.3 Å². The van der Waals surface area contributed by atoms with E-state index in [9.17, 15) is 4.39 Å². The quantitative estimate of drug-likeness (QED) is 0.909. The molecule has 2 fully saturated rings. The van der Waals surface area contributed by atoms with Crippen LogP contribution in [0.4, 0.5) is 10.1 Å². The van der Waals surface area contributed by atoms with E-state index in [1.54, 1.807) is 12.1 Å². The van der Waals surface area contributed by atoms with Crippen molar-refractivity contribution in [1.82, 2.24) is 4.90 Å². The van der Waals surface area contributed by atoms with Gasteiger partial charge in [0.05, 0.1) is 0 Å². The maximum Gasteiger partial charge on any atom is 0.123 e. The van der Waals surface area contributed by atoms with Gasteiger partial charge >= 0.3 is 0 Å². The summed E-state index contributed by atoms with van der Waals surface area (Å²) in [6.45, 7) is 5.44. The van der Waals surface area contributed by atoms with E-state index in [1.807, 2.05) is 6.07 Å². The minimum Gasteiger partial charge on any atom is -0.371 e. The number of piperidine rings is 1. The molecule has 0 amide bonds. The van der Waals surface area contributed by atoms with E-state index < -0.39 is 0 Å². The van der Waals surface area contributed by atoms with Crippen LogP contribution in [-0.2, 0) is 0 Å². The van der Waals surface area contributed by atoms with Gasteiger partial charge in [0.15, 0.2) is 0 Å². The molecule has 2 heterocycles. The van der Waals surface area contributed by atoms with Crippen LogP contribution in [0.3, 0.4) is 0 Å². The van der Waals surface area contributed by atoms with Crippen LogP contribution in [0.25, 0.3) is 11.1 Å². The molecule has 1 unspecified atom stereocenters. The molecular weight excluding hydrogens is 325 g/mol. The molecule has 0 spiro atoms. The molecule has 0 saturated carbocycles. The standard InChI is InChI=1S/C22H28FN3/c23-20-3-1-2-19(14-20)18-4-6-21(7-5-18)25-12-9-22(10-13-25)26-11-8-17(15-24)16-26/h1-7,14,17,22H,8-13,15-16,24H2. The zero-order valence-corrected chi connectivity index (χ0v) is 15.3. The van der Waals surface area contributed by atoms with Crippen molar-refractivity contribution in [3.05, 3.63) is 54.3 Å². The van der Waals surface area contributed by atoms with Gasteiger partial charge in [-0.3, -0.25) is 4.90 Å². The lowest BCUT2D eigenvalue weighted by atomic mass is 10.0. The fourth-order valence-electron chi connectivity index (χ4n) is 4.41. The highest BCUT2D eigenvalue weighted by Gasteiger charge is 2.30. The van der Waals surface area contributed by atoms with E-state index in [4.69, 9.17) is 5.73 Å². The molecule has 2 aromatic carbocycles. The Labute approximate surface area is 155 Å². The number of halogens is 1. The summed E-state index contributed by atoms with van der Waals surface area (Å²) in [6.07, 6.45) is 3.71. The second-order valence-corrected chi connectivity index (χ2v) is 7.66. The number of benzene rings is 2. The lowest BCUT2D eigenvalue weighted by molar-refractivity contribution is 0.201. The zero-order valence-electron chi connectivity index (χ0n) is 15.3. The smallest absolute Gasteiger partial charge is 0.123 e. The average Bonchev–Trinajstić information content (AvgIpc) is 3.18. The highest BCUT2D eigenvalue weighted by Crippen LogP contribution is 2.28. The van der Waals surface area contributed by atoms with Gasteiger partial charge in [0.25, 0.3) is 0 Å². The summed E-state index contributed by atoms with van der Waals surface area (Å²) in [4.78, 5) is 5.13. The largest absolute Gasteiger partial charge is 0.371 e. The van der Waals surface area contributed by atoms with Crippen LogP contribution in [0.5, 0.6) is 0 Å². The third-order valence-electron chi connectivity index (χ3n) is 6.02. The van der Waals surface area contributed by atoms with Crippen molar-refractivity contribution in [3.63, 3.8) is 0 Å². The van der Waals surface area contributed by atoms with Gasteiger partial charge in [-0.2, -0.15) is 0 Å². The summed E-state index contributed by atoms with van der Waals surface area (Å²) >= 11 is 0. The molecule has 2 aliphatic rings. The summed E-state index contributed by atoms with van der Waals surface area (Å²) in [6, 6.07) is 16.0. The number of hydrogen-bond acceptors (Lipinski definition) is 3. The number of hydrogen-bond donors (Lipinski definition) is 1. The maximum atomic E-state index is 13.4. The molecule has 0 bridgehead atoms. The van der Waals surface area contributed by atoms with Gasteiger partial charge in [-0.05, 0) is 73.7 Å². The van der Waals surface area contributed by atoms with Crippen molar-refractivity contribution in [3.8, 4) is 11.1 Å². The number of rotatable bonds is 4. The van der Waals surface area contributed by atoms with Crippen molar-refractivity contribution in [2.45, 2.75) is 25.3 Å². The molecule has 2 saturated heterocycles. The second kappa shape index (κ2) is 7.77. The molecule has 2 aromatic rings. The van der Waals surface area contributed by atoms with Gasteiger partial charge in [-0.25, -0.2) is 4.39 Å². The van der Waals surface area contributed by atoms with Gasteiger partial charge in [-0.1, -0.05) is 24.3 Å². The van der Waals surface area contributed by atoms with Gasteiger partial charge < -0.3 is 10.6 Å². The Bertz CT molecular complexity index is 722. The van der Waals surface area contributed by atoms with E-state index in [2.05, 4.69) is 34.1 Å². The summed E-state index contributed by atoms with van der Waals surface area (Å²) in [7, 11) is 0. The van der Waals surface area contributed by atoms with Crippen LogP contribution >= 0.6 is 0 Å². The minimum atomic E-state index is -0.188. The maximum absolute atomic E-state index is 13.4. The average molecular weight is 353 g/mol. The predicted molar refractivity (Wildman–Crippen MR) is 106 cm³/mol. The van der Waals surface area contributed by atoms with Gasteiger partial charge in [0.2, 0.25) is 0 Å². The molecule has 3 nitrogen and oxygen atoms in total. The van der Waals surface area contributed by atoms with Crippen molar-refractivity contribution >= 4 is 5.69 Å². The van der Waals surface area contributed by atoms with Crippen LogP contribution in [-0.4, -0.2) is 43.7 Å². The highest BCUT2D eigenvalue weighted by molar-refractivity contribution is 5.66. The fourth-order valence-corrected chi connectivity index (χ4v) is 4.41. The van der Waals surface area contributed by atoms with E-state index in [0.717, 1.165) is 36.8 Å². The summed E-state index contributed by atoms with van der Waals surface area (Å²) in [5, 5.41) is 0. The summed E-state index contributed by atoms with van der Waals surface area (Å²) < 4.78 is 13.4. The third kappa shape index (κ3) is 3.76. The molecule has 26 heavy (non-hydrogen) atoms. The summed E-state index contributed by atoms with van der Waals surface area (Å²) in [5.41, 5.74) is 9.09. The molecule has 0 aliphatic carbocycles. The van der Waals surface area contributed by atoms with E-state index in [0.29, 0.717) is 5.92 Å². The van der Waals surface area contributed by atoms with Crippen molar-refractivity contribution < 1.29 is 4.39 Å². The van der Waals surface area contributed by atoms with Crippen LogP contribution in [0.15, 0.2) is 48.5 Å². The van der Waals surface area contributed by atoms with E-state index >= 15 is 0 Å². The molecule has 0 radical (unpaired) electrons. The highest BCUT2D eigenvalue weighted by atomic mass is 19.1. The first-order valence-corrected chi connectivity index (χ1v) is 9.78. The first-order valence-electron chi connectivity index (χ1n) is 9.78. The normalized spacial score (nSPS) is 22.1.